The van der Waals surface area contributed by atoms with Crippen molar-refractivity contribution in [1.82, 2.24) is 9.38 Å². The number of carbonyl (C=O) groups excluding carboxylic acids is 1. The summed E-state index contributed by atoms with van der Waals surface area (Å²) in [6.45, 7) is 1.71. The molecule has 2 aromatic carbocycles. The average molecular weight is 456 g/mol. The van der Waals surface area contributed by atoms with E-state index in [4.69, 9.17) is 21.1 Å². The van der Waals surface area contributed by atoms with Gasteiger partial charge in [-0.3, -0.25) is 14.0 Å². The van der Waals surface area contributed by atoms with Gasteiger partial charge in [-0.2, -0.15) is 0 Å². The highest BCUT2D eigenvalue weighted by atomic mass is 35.5. The lowest BCUT2D eigenvalue weighted by Crippen LogP contribution is -2.30. The van der Waals surface area contributed by atoms with E-state index in [-0.39, 0.29) is 18.1 Å². The molecule has 1 N–H and O–H groups in total. The quantitative estimate of drug-likeness (QED) is 0.447. The zero-order valence-corrected chi connectivity index (χ0v) is 18.0. The van der Waals surface area contributed by atoms with Gasteiger partial charge in [0.1, 0.15) is 18.1 Å². The first-order valence-electron chi connectivity index (χ1n) is 9.40. The van der Waals surface area contributed by atoms with Crippen LogP contribution in [0.3, 0.4) is 0 Å². The second-order valence-corrected chi connectivity index (χ2v) is 7.94. The number of ether oxygens (including phenoxy) is 2. The third-order valence-corrected chi connectivity index (χ3v) is 5.35. The summed E-state index contributed by atoms with van der Waals surface area (Å²) in [4.78, 5) is 29.8. The molecular weight excluding hydrogens is 438 g/mol. The summed E-state index contributed by atoms with van der Waals surface area (Å²) >= 11 is 7.47. The standard InChI is InChI=1S/C22H18ClN3O4S/c1-14(30-17-5-3-2-4-6-17)21(28)25-18-11-15(23)7-8-19(18)29-13-16-12-20(27)26-9-10-31-22(26)24-16/h2-12,14H,13H2,1H3,(H,25,28)/t14-/m0/s1. The van der Waals surface area contributed by atoms with Crippen LogP contribution in [0.4, 0.5) is 5.69 Å². The molecule has 4 aromatic rings. The van der Waals surface area contributed by atoms with E-state index < -0.39 is 6.10 Å². The van der Waals surface area contributed by atoms with Crippen molar-refractivity contribution in [3.05, 3.63) is 87.2 Å². The van der Waals surface area contributed by atoms with Crippen molar-refractivity contribution in [3.8, 4) is 11.5 Å². The van der Waals surface area contributed by atoms with Gasteiger partial charge in [0.25, 0.3) is 11.5 Å². The van der Waals surface area contributed by atoms with Gasteiger partial charge in [-0.15, -0.1) is 11.3 Å². The Kier molecular flexibility index (Phi) is 6.20. The Morgan fingerprint density at radius 2 is 2.03 bits per heavy atom. The van der Waals surface area contributed by atoms with Crippen molar-refractivity contribution in [1.29, 1.82) is 0 Å². The number of para-hydroxylation sites is 1. The van der Waals surface area contributed by atoms with Crippen LogP contribution in [-0.4, -0.2) is 21.4 Å². The predicted molar refractivity (Wildman–Crippen MR) is 120 cm³/mol. The van der Waals surface area contributed by atoms with E-state index in [9.17, 15) is 9.59 Å². The Bertz CT molecular complexity index is 1270. The molecule has 2 heterocycles. The second kappa shape index (κ2) is 9.20. The molecule has 0 aliphatic rings. The zero-order chi connectivity index (χ0) is 21.8. The van der Waals surface area contributed by atoms with Gasteiger partial charge in [-0.25, -0.2) is 4.98 Å². The van der Waals surface area contributed by atoms with Crippen LogP contribution in [0.1, 0.15) is 12.6 Å². The van der Waals surface area contributed by atoms with Crippen molar-refractivity contribution in [2.24, 2.45) is 0 Å². The summed E-state index contributed by atoms with van der Waals surface area (Å²) in [5.74, 6) is 0.638. The Balaban J connectivity index is 1.47. The second-order valence-electron chi connectivity index (χ2n) is 6.63. The van der Waals surface area contributed by atoms with Crippen LogP contribution in [0.5, 0.6) is 11.5 Å². The van der Waals surface area contributed by atoms with Gasteiger partial charge in [0.05, 0.1) is 11.4 Å². The number of amides is 1. The number of nitrogens with zero attached hydrogens (tertiary/aromatic N) is 2. The Morgan fingerprint density at radius 3 is 2.84 bits per heavy atom. The molecular formula is C22H18ClN3O4S. The minimum atomic E-state index is -0.739. The molecule has 1 atom stereocenters. The van der Waals surface area contributed by atoms with E-state index >= 15 is 0 Å². The fourth-order valence-corrected chi connectivity index (χ4v) is 3.74. The summed E-state index contributed by atoms with van der Waals surface area (Å²) < 4.78 is 13.0. The van der Waals surface area contributed by atoms with Gasteiger partial charge in [0.2, 0.25) is 0 Å². The number of carbonyl (C=O) groups is 1. The number of nitrogens with one attached hydrogen (secondary N) is 1. The molecule has 0 aliphatic heterocycles. The molecule has 158 valence electrons. The number of fused-ring (bicyclic) bond motifs is 1. The molecule has 0 fully saturated rings. The number of thiazole rings is 1. The van der Waals surface area contributed by atoms with Crippen LogP contribution in [0.2, 0.25) is 5.02 Å². The van der Waals surface area contributed by atoms with Crippen LogP contribution >= 0.6 is 22.9 Å². The first-order chi connectivity index (χ1) is 15.0. The summed E-state index contributed by atoms with van der Waals surface area (Å²) in [6, 6.07) is 15.4. The van der Waals surface area contributed by atoms with E-state index in [0.29, 0.717) is 32.9 Å². The minimum Gasteiger partial charge on any atom is -0.485 e. The van der Waals surface area contributed by atoms with Gasteiger partial charge in [0, 0.05) is 22.7 Å². The molecule has 0 unspecified atom stereocenters. The lowest BCUT2D eigenvalue weighted by molar-refractivity contribution is -0.122. The SMILES string of the molecule is C[C@H](Oc1ccccc1)C(=O)Nc1cc(Cl)ccc1OCc1cc(=O)n2ccsc2n1. The topological polar surface area (TPSA) is 81.9 Å². The maximum Gasteiger partial charge on any atom is 0.265 e. The maximum atomic E-state index is 12.6. The first kappa shape index (κ1) is 20.9. The zero-order valence-electron chi connectivity index (χ0n) is 16.4. The Hall–Kier alpha value is -3.36. The molecule has 9 heteroatoms. The molecule has 2 aromatic heterocycles. The largest absolute Gasteiger partial charge is 0.485 e. The van der Waals surface area contributed by atoms with Gasteiger partial charge in [-0.05, 0) is 37.3 Å². The molecule has 0 radical (unpaired) electrons. The number of rotatable bonds is 7. The van der Waals surface area contributed by atoms with Gasteiger partial charge in [-0.1, -0.05) is 29.8 Å². The van der Waals surface area contributed by atoms with Crippen molar-refractivity contribution < 1.29 is 14.3 Å². The number of anilines is 1. The number of benzene rings is 2. The van der Waals surface area contributed by atoms with E-state index in [0.717, 1.165) is 0 Å². The number of halogens is 1. The fraction of sp³-hybridized carbons (Fsp3) is 0.136. The highest BCUT2D eigenvalue weighted by Gasteiger charge is 2.17. The Labute approximate surface area is 186 Å². The highest BCUT2D eigenvalue weighted by Crippen LogP contribution is 2.29. The molecule has 0 bridgehead atoms. The third kappa shape index (κ3) is 5.04. The van der Waals surface area contributed by atoms with Gasteiger partial charge >= 0.3 is 0 Å². The third-order valence-electron chi connectivity index (χ3n) is 4.36. The number of hydrogen-bond donors (Lipinski definition) is 1. The smallest absolute Gasteiger partial charge is 0.265 e. The molecule has 7 nitrogen and oxygen atoms in total. The van der Waals surface area contributed by atoms with Crippen LogP contribution in [0.25, 0.3) is 4.96 Å². The van der Waals surface area contributed by atoms with E-state index in [1.165, 1.54) is 21.8 Å². The van der Waals surface area contributed by atoms with E-state index in [2.05, 4.69) is 10.3 Å². The monoisotopic (exact) mass is 455 g/mol. The molecule has 4 rings (SSSR count). The summed E-state index contributed by atoms with van der Waals surface area (Å²) in [7, 11) is 0. The van der Waals surface area contributed by atoms with Crippen molar-refractivity contribution >= 4 is 39.5 Å². The molecule has 31 heavy (non-hydrogen) atoms. The van der Waals surface area contributed by atoms with Crippen LogP contribution in [0, 0.1) is 0 Å². The molecule has 0 spiro atoms. The maximum absolute atomic E-state index is 12.6. The van der Waals surface area contributed by atoms with Crippen LogP contribution in [-0.2, 0) is 11.4 Å². The van der Waals surface area contributed by atoms with Gasteiger partial charge < -0.3 is 14.8 Å². The predicted octanol–water partition coefficient (Wildman–Crippen LogP) is 4.39. The minimum absolute atomic E-state index is 0.0597. The lowest BCUT2D eigenvalue weighted by Gasteiger charge is -2.17. The lowest BCUT2D eigenvalue weighted by atomic mass is 10.2. The summed E-state index contributed by atoms with van der Waals surface area (Å²) in [5, 5.41) is 5.02. The van der Waals surface area contributed by atoms with Crippen molar-refractivity contribution in [3.63, 3.8) is 0 Å². The number of aromatic nitrogens is 2. The van der Waals surface area contributed by atoms with E-state index in [1.54, 1.807) is 48.8 Å². The Morgan fingerprint density at radius 1 is 1.23 bits per heavy atom. The van der Waals surface area contributed by atoms with Crippen molar-refractivity contribution in [2.45, 2.75) is 19.6 Å². The normalized spacial score (nSPS) is 11.8. The highest BCUT2D eigenvalue weighted by molar-refractivity contribution is 7.15. The number of hydrogen-bond acceptors (Lipinski definition) is 6. The van der Waals surface area contributed by atoms with E-state index in [1.807, 2.05) is 18.2 Å². The summed E-state index contributed by atoms with van der Waals surface area (Å²) in [6.07, 6.45) is 0.933. The molecule has 0 saturated carbocycles. The van der Waals surface area contributed by atoms with Crippen LogP contribution in [0.15, 0.2) is 71.0 Å². The molecule has 0 saturated heterocycles. The summed E-state index contributed by atoms with van der Waals surface area (Å²) in [5.41, 5.74) is 0.705. The molecule has 0 aliphatic carbocycles. The average Bonchev–Trinajstić information content (AvgIpc) is 3.23. The molecule has 1 amide bonds. The van der Waals surface area contributed by atoms with Gasteiger partial charge in [0.15, 0.2) is 11.1 Å². The van der Waals surface area contributed by atoms with Crippen molar-refractivity contribution in [2.75, 3.05) is 5.32 Å². The fourth-order valence-electron chi connectivity index (χ4n) is 2.83. The van der Waals surface area contributed by atoms with Crippen LogP contribution < -0.4 is 20.3 Å². The first-order valence-corrected chi connectivity index (χ1v) is 10.7.